The SMILES string of the molecule is CC/C=C/C=C/C=C/C=C/CCCCCC(=O)OC(COC(=O)CCCCCCCCCCCC)COP(=O)(O)OCCN. The maximum absolute atomic E-state index is 12.4. The maximum Gasteiger partial charge on any atom is 0.472 e. The molecule has 2 atom stereocenters. The Bertz CT molecular complexity index is 871. The molecule has 0 fully saturated rings. The molecule has 44 heavy (non-hydrogen) atoms. The predicted octanol–water partition coefficient (Wildman–Crippen LogP) is 8.43. The van der Waals surface area contributed by atoms with Crippen molar-refractivity contribution in [2.24, 2.45) is 5.73 Å². The van der Waals surface area contributed by atoms with Gasteiger partial charge in [0.15, 0.2) is 6.10 Å². The van der Waals surface area contributed by atoms with Gasteiger partial charge in [-0.15, -0.1) is 0 Å². The number of unbranched alkanes of at least 4 members (excludes halogenated alkanes) is 12. The van der Waals surface area contributed by atoms with Gasteiger partial charge < -0.3 is 20.1 Å². The van der Waals surface area contributed by atoms with Crippen molar-refractivity contribution in [2.45, 2.75) is 129 Å². The zero-order chi connectivity index (χ0) is 32.6. The lowest BCUT2D eigenvalue weighted by atomic mass is 10.1. The van der Waals surface area contributed by atoms with Gasteiger partial charge in [-0.1, -0.05) is 127 Å². The minimum atomic E-state index is -4.37. The molecule has 0 heterocycles. The van der Waals surface area contributed by atoms with E-state index < -0.39 is 32.5 Å². The molecule has 0 rings (SSSR count). The number of ether oxygens (including phenoxy) is 2. The summed E-state index contributed by atoms with van der Waals surface area (Å²) in [7, 11) is -4.37. The second-order valence-electron chi connectivity index (χ2n) is 10.7. The molecule has 0 spiro atoms. The van der Waals surface area contributed by atoms with Gasteiger partial charge >= 0.3 is 19.8 Å². The average molecular weight is 642 g/mol. The monoisotopic (exact) mass is 641 g/mol. The van der Waals surface area contributed by atoms with Crippen molar-refractivity contribution in [2.75, 3.05) is 26.4 Å². The first kappa shape index (κ1) is 42.0. The molecule has 0 saturated carbocycles. The fourth-order valence-corrected chi connectivity index (χ4v) is 4.88. The topological polar surface area (TPSA) is 134 Å². The first-order valence-corrected chi connectivity index (χ1v) is 18.2. The second kappa shape index (κ2) is 31.0. The molecular weight excluding hydrogens is 581 g/mol. The van der Waals surface area contributed by atoms with E-state index in [-0.39, 0.29) is 32.6 Å². The molecule has 3 N–H and O–H groups in total. The normalized spacial score (nSPS) is 14.2. The molecule has 0 bridgehead atoms. The van der Waals surface area contributed by atoms with Crippen LogP contribution in [0, 0.1) is 0 Å². The molecule has 10 heteroatoms. The highest BCUT2D eigenvalue weighted by Gasteiger charge is 2.25. The van der Waals surface area contributed by atoms with Crippen LogP contribution in [0.1, 0.15) is 123 Å². The third-order valence-corrected chi connectivity index (χ3v) is 7.56. The summed E-state index contributed by atoms with van der Waals surface area (Å²) in [4.78, 5) is 34.5. The smallest absolute Gasteiger partial charge is 0.462 e. The van der Waals surface area contributed by atoms with E-state index in [2.05, 4.69) is 26.0 Å². The molecule has 0 aromatic rings. The molecule has 0 aromatic heterocycles. The number of phosphoric acid groups is 1. The van der Waals surface area contributed by atoms with E-state index in [0.29, 0.717) is 6.42 Å². The van der Waals surface area contributed by atoms with Gasteiger partial charge in [0.2, 0.25) is 0 Å². The van der Waals surface area contributed by atoms with Crippen LogP contribution in [-0.4, -0.2) is 49.3 Å². The lowest BCUT2D eigenvalue weighted by molar-refractivity contribution is -0.161. The highest BCUT2D eigenvalue weighted by molar-refractivity contribution is 7.47. The molecular formula is C34H60NO8P. The number of allylic oxidation sites excluding steroid dienone is 8. The van der Waals surface area contributed by atoms with Crippen molar-refractivity contribution in [3.8, 4) is 0 Å². The van der Waals surface area contributed by atoms with Crippen molar-refractivity contribution >= 4 is 19.8 Å². The number of hydrogen-bond acceptors (Lipinski definition) is 8. The van der Waals surface area contributed by atoms with Crippen LogP contribution in [0.15, 0.2) is 48.6 Å². The van der Waals surface area contributed by atoms with Gasteiger partial charge in [-0.2, -0.15) is 0 Å². The summed E-state index contributed by atoms with van der Waals surface area (Å²) in [6.45, 7) is 3.49. The largest absolute Gasteiger partial charge is 0.472 e. The Morgan fingerprint density at radius 3 is 1.86 bits per heavy atom. The number of carbonyl (C=O) groups excluding carboxylic acids is 2. The third-order valence-electron chi connectivity index (χ3n) is 6.57. The molecule has 0 aliphatic carbocycles. The first-order chi connectivity index (χ1) is 21.3. The van der Waals surface area contributed by atoms with Crippen molar-refractivity contribution < 1.29 is 37.6 Å². The number of carbonyl (C=O) groups is 2. The molecule has 0 aliphatic rings. The molecule has 0 radical (unpaired) electrons. The summed E-state index contributed by atoms with van der Waals surface area (Å²) in [5.74, 6) is -0.883. The average Bonchev–Trinajstić information content (AvgIpc) is 3.00. The van der Waals surface area contributed by atoms with E-state index in [4.69, 9.17) is 24.3 Å². The lowest BCUT2D eigenvalue weighted by Gasteiger charge is -2.19. The Kier molecular flexibility index (Phi) is 29.5. The van der Waals surface area contributed by atoms with Crippen LogP contribution in [0.25, 0.3) is 0 Å². The molecule has 2 unspecified atom stereocenters. The summed E-state index contributed by atoms with van der Waals surface area (Å²) >= 11 is 0. The van der Waals surface area contributed by atoms with E-state index >= 15 is 0 Å². The second-order valence-corrected chi connectivity index (χ2v) is 12.2. The predicted molar refractivity (Wildman–Crippen MR) is 178 cm³/mol. The summed E-state index contributed by atoms with van der Waals surface area (Å²) in [5, 5.41) is 0. The fourth-order valence-electron chi connectivity index (χ4n) is 4.11. The highest BCUT2D eigenvalue weighted by atomic mass is 31.2. The molecule has 0 amide bonds. The van der Waals surface area contributed by atoms with Crippen LogP contribution < -0.4 is 5.73 Å². The van der Waals surface area contributed by atoms with Crippen molar-refractivity contribution in [1.29, 1.82) is 0 Å². The van der Waals surface area contributed by atoms with Gasteiger partial charge in [0.1, 0.15) is 6.61 Å². The zero-order valence-electron chi connectivity index (χ0n) is 27.4. The zero-order valence-corrected chi connectivity index (χ0v) is 28.3. The maximum atomic E-state index is 12.4. The summed E-state index contributed by atoms with van der Waals surface area (Å²) < 4.78 is 32.4. The fraction of sp³-hybridized carbons (Fsp3) is 0.706. The molecule has 9 nitrogen and oxygen atoms in total. The third kappa shape index (κ3) is 30.0. The standard InChI is InChI=1S/C34H60NO8P/c1-3-5-7-9-11-13-15-16-17-19-21-23-25-27-34(37)43-32(31-42-44(38,39)41-29-28-35)30-40-33(36)26-24-22-20-18-14-12-10-8-6-4-2/h5,7,9,11,13,15-17,32H,3-4,6,8,10,12,14,18-31,35H2,1-2H3,(H,38,39)/b7-5+,11-9+,15-13+,17-16+. The number of rotatable bonds is 30. The van der Waals surface area contributed by atoms with Crippen LogP contribution in [0.3, 0.4) is 0 Å². The Labute approximate surface area is 266 Å². The number of hydrogen-bond donors (Lipinski definition) is 2. The minimum absolute atomic E-state index is 0.0453. The van der Waals surface area contributed by atoms with Gasteiger partial charge in [-0.3, -0.25) is 18.6 Å². The summed E-state index contributed by atoms with van der Waals surface area (Å²) in [5.41, 5.74) is 5.31. The van der Waals surface area contributed by atoms with Crippen LogP contribution in [0.5, 0.6) is 0 Å². The van der Waals surface area contributed by atoms with E-state index in [1.54, 1.807) is 0 Å². The molecule has 0 aliphatic heterocycles. The number of nitrogens with two attached hydrogens (primary N) is 1. The number of phosphoric ester groups is 1. The molecule has 254 valence electrons. The Morgan fingerprint density at radius 1 is 0.705 bits per heavy atom. The van der Waals surface area contributed by atoms with Crippen LogP contribution in [0.2, 0.25) is 0 Å². The van der Waals surface area contributed by atoms with Crippen molar-refractivity contribution in [1.82, 2.24) is 0 Å². The Hall–Kier alpha value is -2.03. The minimum Gasteiger partial charge on any atom is -0.462 e. The van der Waals surface area contributed by atoms with Crippen LogP contribution >= 0.6 is 7.82 Å². The van der Waals surface area contributed by atoms with Crippen molar-refractivity contribution in [3.05, 3.63) is 48.6 Å². The van der Waals surface area contributed by atoms with E-state index in [1.165, 1.54) is 44.9 Å². The van der Waals surface area contributed by atoms with Gasteiger partial charge in [-0.05, 0) is 32.1 Å². The van der Waals surface area contributed by atoms with Crippen molar-refractivity contribution in [3.63, 3.8) is 0 Å². The highest BCUT2D eigenvalue weighted by Crippen LogP contribution is 2.43. The molecule has 0 aromatic carbocycles. The van der Waals surface area contributed by atoms with Gasteiger partial charge in [0.25, 0.3) is 0 Å². The quantitative estimate of drug-likeness (QED) is 0.0343. The number of esters is 2. The lowest BCUT2D eigenvalue weighted by Crippen LogP contribution is -2.29. The van der Waals surface area contributed by atoms with E-state index in [1.807, 2.05) is 36.5 Å². The first-order valence-electron chi connectivity index (χ1n) is 16.7. The molecule has 0 saturated heterocycles. The van der Waals surface area contributed by atoms with E-state index in [0.717, 1.165) is 44.9 Å². The summed E-state index contributed by atoms with van der Waals surface area (Å²) in [6.07, 6.45) is 31.5. The van der Waals surface area contributed by atoms with E-state index in [9.17, 15) is 19.0 Å². The Morgan fingerprint density at radius 2 is 1.25 bits per heavy atom. The van der Waals surface area contributed by atoms with Gasteiger partial charge in [-0.25, -0.2) is 4.57 Å². The summed E-state index contributed by atoms with van der Waals surface area (Å²) in [6, 6.07) is 0. The van der Waals surface area contributed by atoms with Crippen LogP contribution in [-0.2, 0) is 32.7 Å². The van der Waals surface area contributed by atoms with Gasteiger partial charge in [0.05, 0.1) is 13.2 Å². The van der Waals surface area contributed by atoms with Crippen LogP contribution in [0.4, 0.5) is 0 Å². The van der Waals surface area contributed by atoms with Gasteiger partial charge in [0, 0.05) is 19.4 Å². The Balaban J connectivity index is 4.39.